The van der Waals surface area contributed by atoms with Crippen LogP contribution in [0.15, 0.2) is 22.7 Å². The minimum atomic E-state index is -0.305. The van der Waals surface area contributed by atoms with Crippen molar-refractivity contribution in [1.82, 2.24) is 5.32 Å². The third-order valence-corrected chi connectivity index (χ3v) is 3.12. The van der Waals surface area contributed by atoms with Crippen LogP contribution in [0.1, 0.15) is 24.8 Å². The van der Waals surface area contributed by atoms with E-state index in [0.29, 0.717) is 19.5 Å². The van der Waals surface area contributed by atoms with Crippen molar-refractivity contribution in [3.63, 3.8) is 0 Å². The van der Waals surface area contributed by atoms with Gasteiger partial charge in [0.25, 0.3) is 0 Å². The Kier molecular flexibility index (Phi) is 6.15. The number of hydrogen-bond donors (Lipinski definition) is 2. The van der Waals surface area contributed by atoms with Crippen molar-refractivity contribution in [2.75, 3.05) is 6.54 Å². The number of carbonyl (C=O) groups is 1. The molecule has 0 aromatic heterocycles. The summed E-state index contributed by atoms with van der Waals surface area (Å²) < 4.78 is 13.8. The van der Waals surface area contributed by atoms with Gasteiger partial charge in [-0.1, -0.05) is 15.9 Å². The molecule has 0 aliphatic carbocycles. The Hall–Kier alpha value is -0.940. The first-order chi connectivity index (χ1) is 8.13. The van der Waals surface area contributed by atoms with Gasteiger partial charge in [-0.3, -0.25) is 4.79 Å². The molecule has 1 aromatic carbocycles. The van der Waals surface area contributed by atoms with Gasteiger partial charge in [-0.15, -0.1) is 0 Å². The van der Waals surface area contributed by atoms with Crippen LogP contribution in [0, 0.1) is 5.82 Å². The van der Waals surface area contributed by atoms with Crippen LogP contribution >= 0.6 is 15.9 Å². The van der Waals surface area contributed by atoms with Crippen LogP contribution in [0.4, 0.5) is 4.39 Å². The summed E-state index contributed by atoms with van der Waals surface area (Å²) in [6.45, 7) is 0.933. The highest BCUT2D eigenvalue weighted by molar-refractivity contribution is 9.10. The average Bonchev–Trinajstić information content (AvgIpc) is 2.31. The van der Waals surface area contributed by atoms with Gasteiger partial charge >= 0.3 is 0 Å². The summed E-state index contributed by atoms with van der Waals surface area (Å²) in [4.78, 5) is 11.4. The van der Waals surface area contributed by atoms with E-state index in [4.69, 9.17) is 5.73 Å². The van der Waals surface area contributed by atoms with E-state index in [1.807, 2.05) is 0 Å². The van der Waals surface area contributed by atoms with Gasteiger partial charge in [0.1, 0.15) is 5.82 Å². The number of nitrogens with one attached hydrogen (secondary N) is 1. The molecule has 0 heterocycles. The summed E-state index contributed by atoms with van der Waals surface area (Å²) >= 11 is 3.31. The number of carbonyl (C=O) groups excluding carboxylic acids is 1. The van der Waals surface area contributed by atoms with E-state index in [1.54, 1.807) is 6.07 Å². The molecule has 0 aliphatic rings. The Labute approximate surface area is 109 Å². The Bertz CT molecular complexity index is 385. The zero-order valence-corrected chi connectivity index (χ0v) is 11.1. The summed E-state index contributed by atoms with van der Waals surface area (Å²) in [7, 11) is 0. The van der Waals surface area contributed by atoms with Crippen molar-refractivity contribution >= 4 is 21.8 Å². The molecule has 3 N–H and O–H groups in total. The SMILES string of the molecule is NCCCCC(=O)NCc1cc(F)ccc1Br. The lowest BCUT2D eigenvalue weighted by atomic mass is 10.2. The Morgan fingerprint density at radius 2 is 2.18 bits per heavy atom. The number of hydrogen-bond acceptors (Lipinski definition) is 2. The van der Waals surface area contributed by atoms with Gasteiger partial charge < -0.3 is 11.1 Å². The van der Waals surface area contributed by atoms with Crippen molar-refractivity contribution in [3.05, 3.63) is 34.1 Å². The molecule has 1 aromatic rings. The normalized spacial score (nSPS) is 10.3. The van der Waals surface area contributed by atoms with Crippen LogP contribution in [0.25, 0.3) is 0 Å². The molecule has 0 fully saturated rings. The maximum atomic E-state index is 13.0. The van der Waals surface area contributed by atoms with E-state index < -0.39 is 0 Å². The van der Waals surface area contributed by atoms with Gasteiger partial charge in [0, 0.05) is 17.4 Å². The molecule has 0 aliphatic heterocycles. The fourth-order valence-electron chi connectivity index (χ4n) is 1.39. The molecule has 17 heavy (non-hydrogen) atoms. The lowest BCUT2D eigenvalue weighted by Crippen LogP contribution is -2.22. The first kappa shape index (κ1) is 14.1. The lowest BCUT2D eigenvalue weighted by Gasteiger charge is -2.07. The third-order valence-electron chi connectivity index (χ3n) is 2.34. The lowest BCUT2D eigenvalue weighted by molar-refractivity contribution is -0.121. The predicted molar refractivity (Wildman–Crippen MR) is 68.9 cm³/mol. The highest BCUT2D eigenvalue weighted by Crippen LogP contribution is 2.17. The van der Waals surface area contributed by atoms with Crippen LogP contribution in [-0.4, -0.2) is 12.5 Å². The molecular formula is C12H16BrFN2O. The summed E-state index contributed by atoms with van der Waals surface area (Å²) in [6, 6.07) is 4.41. The molecule has 3 nitrogen and oxygen atoms in total. The highest BCUT2D eigenvalue weighted by atomic mass is 79.9. The standard InChI is InChI=1S/C12H16BrFN2O/c13-11-5-4-10(14)7-9(11)8-16-12(17)3-1-2-6-15/h4-5,7H,1-3,6,8,15H2,(H,16,17). The number of nitrogens with two attached hydrogens (primary N) is 1. The topological polar surface area (TPSA) is 55.1 Å². The van der Waals surface area contributed by atoms with Crippen molar-refractivity contribution in [3.8, 4) is 0 Å². The molecule has 0 atom stereocenters. The van der Waals surface area contributed by atoms with Gasteiger partial charge in [0.05, 0.1) is 0 Å². The molecule has 0 spiro atoms. The third kappa shape index (κ3) is 5.28. The monoisotopic (exact) mass is 302 g/mol. The number of unbranched alkanes of at least 4 members (excludes halogenated alkanes) is 1. The minimum Gasteiger partial charge on any atom is -0.352 e. The van der Waals surface area contributed by atoms with Crippen LogP contribution in [-0.2, 0) is 11.3 Å². The molecule has 0 radical (unpaired) electrons. The van der Waals surface area contributed by atoms with E-state index in [1.165, 1.54) is 12.1 Å². The van der Waals surface area contributed by atoms with E-state index in [0.717, 1.165) is 22.9 Å². The van der Waals surface area contributed by atoms with E-state index >= 15 is 0 Å². The molecule has 94 valence electrons. The largest absolute Gasteiger partial charge is 0.352 e. The van der Waals surface area contributed by atoms with Gasteiger partial charge in [-0.25, -0.2) is 4.39 Å². The van der Waals surface area contributed by atoms with Gasteiger partial charge in [0.2, 0.25) is 5.91 Å². The van der Waals surface area contributed by atoms with Gasteiger partial charge in [-0.2, -0.15) is 0 Å². The summed E-state index contributed by atoms with van der Waals surface area (Å²) in [5.74, 6) is -0.338. The molecule has 1 rings (SSSR count). The number of rotatable bonds is 6. The molecule has 5 heteroatoms. The molecular weight excluding hydrogens is 287 g/mol. The molecule has 0 unspecified atom stereocenters. The quantitative estimate of drug-likeness (QED) is 0.793. The zero-order chi connectivity index (χ0) is 12.7. The van der Waals surface area contributed by atoms with E-state index in [9.17, 15) is 9.18 Å². The van der Waals surface area contributed by atoms with Crippen LogP contribution < -0.4 is 11.1 Å². The minimum absolute atomic E-state index is 0.0328. The fraction of sp³-hybridized carbons (Fsp3) is 0.417. The van der Waals surface area contributed by atoms with Crippen LogP contribution in [0.2, 0.25) is 0 Å². The first-order valence-corrected chi connectivity index (χ1v) is 6.33. The molecule has 0 saturated heterocycles. The highest BCUT2D eigenvalue weighted by Gasteiger charge is 2.04. The van der Waals surface area contributed by atoms with Crippen molar-refractivity contribution in [1.29, 1.82) is 0 Å². The number of amides is 1. The van der Waals surface area contributed by atoms with Gasteiger partial charge in [0.15, 0.2) is 0 Å². The van der Waals surface area contributed by atoms with E-state index in [-0.39, 0.29) is 11.7 Å². The summed E-state index contributed by atoms with van der Waals surface area (Å²) in [5, 5.41) is 2.75. The van der Waals surface area contributed by atoms with Crippen LogP contribution in [0.5, 0.6) is 0 Å². The van der Waals surface area contributed by atoms with Crippen molar-refractivity contribution in [2.45, 2.75) is 25.8 Å². The second-order valence-electron chi connectivity index (χ2n) is 3.76. The van der Waals surface area contributed by atoms with E-state index in [2.05, 4.69) is 21.2 Å². The maximum Gasteiger partial charge on any atom is 0.220 e. The summed E-state index contributed by atoms with van der Waals surface area (Å²) in [6.07, 6.45) is 2.09. The van der Waals surface area contributed by atoms with Crippen molar-refractivity contribution in [2.24, 2.45) is 5.73 Å². The summed E-state index contributed by atoms with van der Waals surface area (Å²) in [5.41, 5.74) is 6.07. The number of benzene rings is 1. The Morgan fingerprint density at radius 3 is 2.88 bits per heavy atom. The Balaban J connectivity index is 2.39. The van der Waals surface area contributed by atoms with Crippen LogP contribution in [0.3, 0.4) is 0 Å². The smallest absolute Gasteiger partial charge is 0.220 e. The zero-order valence-electron chi connectivity index (χ0n) is 9.51. The predicted octanol–water partition coefficient (Wildman–Crippen LogP) is 2.33. The average molecular weight is 303 g/mol. The molecule has 0 bridgehead atoms. The maximum absolute atomic E-state index is 13.0. The molecule has 0 saturated carbocycles. The fourth-order valence-corrected chi connectivity index (χ4v) is 1.78. The molecule has 1 amide bonds. The van der Waals surface area contributed by atoms with Gasteiger partial charge in [-0.05, 0) is 43.1 Å². The Morgan fingerprint density at radius 1 is 1.41 bits per heavy atom. The second kappa shape index (κ2) is 7.40. The second-order valence-corrected chi connectivity index (χ2v) is 4.61. The number of halogens is 2. The van der Waals surface area contributed by atoms with Crippen molar-refractivity contribution < 1.29 is 9.18 Å². The first-order valence-electron chi connectivity index (χ1n) is 5.54.